The standard InChI is InChI=1S/C11H10N2O2/c1-2-7-12-13-11(15)10-6-4-3-5-9(10)8-14/h3-6,8,12H,1H3,(H,13,15). The van der Waals surface area contributed by atoms with E-state index in [1.165, 1.54) is 0 Å². The third kappa shape index (κ3) is 2.85. The summed E-state index contributed by atoms with van der Waals surface area (Å²) in [7, 11) is 0. The van der Waals surface area contributed by atoms with Gasteiger partial charge in [0.25, 0.3) is 5.91 Å². The summed E-state index contributed by atoms with van der Waals surface area (Å²) in [6.07, 6.45) is 0.639. The summed E-state index contributed by atoms with van der Waals surface area (Å²) in [5.74, 6) is 2.17. The Hall–Kier alpha value is -2.28. The van der Waals surface area contributed by atoms with Crippen molar-refractivity contribution in [1.29, 1.82) is 0 Å². The first-order chi connectivity index (χ1) is 7.29. The molecule has 0 aliphatic carbocycles. The van der Waals surface area contributed by atoms with Gasteiger partial charge >= 0.3 is 0 Å². The van der Waals surface area contributed by atoms with Crippen LogP contribution >= 0.6 is 0 Å². The van der Waals surface area contributed by atoms with Gasteiger partial charge in [0.05, 0.1) is 5.56 Å². The van der Waals surface area contributed by atoms with Crippen molar-refractivity contribution < 1.29 is 9.59 Å². The fourth-order valence-corrected chi connectivity index (χ4v) is 1.02. The van der Waals surface area contributed by atoms with Crippen molar-refractivity contribution in [3.05, 3.63) is 35.4 Å². The molecule has 1 amide bonds. The Kier molecular flexibility index (Phi) is 3.92. The van der Waals surface area contributed by atoms with Crippen molar-refractivity contribution in [3.63, 3.8) is 0 Å². The van der Waals surface area contributed by atoms with E-state index < -0.39 is 0 Å². The smallest absolute Gasteiger partial charge is 0.270 e. The lowest BCUT2D eigenvalue weighted by atomic mass is 10.1. The molecule has 4 heteroatoms. The molecule has 0 aliphatic rings. The highest BCUT2D eigenvalue weighted by Crippen LogP contribution is 2.04. The molecule has 0 spiro atoms. The predicted molar refractivity (Wildman–Crippen MR) is 55.9 cm³/mol. The molecule has 4 nitrogen and oxygen atoms in total. The van der Waals surface area contributed by atoms with Gasteiger partial charge in [0, 0.05) is 11.6 Å². The van der Waals surface area contributed by atoms with Crippen molar-refractivity contribution in [2.24, 2.45) is 0 Å². The zero-order chi connectivity index (χ0) is 11.1. The summed E-state index contributed by atoms with van der Waals surface area (Å²) >= 11 is 0. The molecule has 0 saturated carbocycles. The number of nitrogens with one attached hydrogen (secondary N) is 2. The summed E-state index contributed by atoms with van der Waals surface area (Å²) < 4.78 is 0. The number of aldehydes is 1. The van der Waals surface area contributed by atoms with Crippen LogP contribution in [0.1, 0.15) is 27.6 Å². The molecule has 0 unspecified atom stereocenters. The Labute approximate surface area is 87.6 Å². The third-order valence-electron chi connectivity index (χ3n) is 1.70. The SMILES string of the molecule is CC#CNNC(=O)c1ccccc1C=O. The van der Waals surface area contributed by atoms with Gasteiger partial charge in [-0.2, -0.15) is 0 Å². The average molecular weight is 202 g/mol. The third-order valence-corrected chi connectivity index (χ3v) is 1.70. The van der Waals surface area contributed by atoms with Gasteiger partial charge in [-0.25, -0.2) is 0 Å². The van der Waals surface area contributed by atoms with Crippen LogP contribution in [-0.4, -0.2) is 12.2 Å². The van der Waals surface area contributed by atoms with E-state index in [1.807, 2.05) is 0 Å². The van der Waals surface area contributed by atoms with Gasteiger partial charge < -0.3 is 0 Å². The lowest BCUT2D eigenvalue weighted by Gasteiger charge is -2.04. The van der Waals surface area contributed by atoms with Gasteiger partial charge in [-0.05, 0) is 13.0 Å². The molecular weight excluding hydrogens is 192 g/mol. The van der Waals surface area contributed by atoms with Crippen LogP contribution in [0.4, 0.5) is 0 Å². The highest BCUT2D eigenvalue weighted by molar-refractivity contribution is 6.01. The molecule has 0 atom stereocenters. The molecule has 1 aromatic carbocycles. The lowest BCUT2D eigenvalue weighted by Crippen LogP contribution is -2.34. The molecule has 76 valence electrons. The second-order valence-corrected chi connectivity index (χ2v) is 2.66. The van der Waals surface area contributed by atoms with Crippen LogP contribution in [0, 0.1) is 12.0 Å². The Morgan fingerprint density at radius 3 is 2.80 bits per heavy atom. The minimum Gasteiger partial charge on any atom is -0.298 e. The summed E-state index contributed by atoms with van der Waals surface area (Å²) in [6, 6.07) is 8.99. The Bertz CT molecular complexity index is 430. The summed E-state index contributed by atoms with van der Waals surface area (Å²) in [6.45, 7) is 1.64. The molecule has 1 rings (SSSR count). The van der Waals surface area contributed by atoms with Crippen LogP contribution in [0.2, 0.25) is 0 Å². The molecule has 2 N–H and O–H groups in total. The van der Waals surface area contributed by atoms with Gasteiger partial charge in [-0.3, -0.25) is 20.4 Å². The topological polar surface area (TPSA) is 58.2 Å². The number of carbonyl (C=O) groups excluding carboxylic acids is 2. The lowest BCUT2D eigenvalue weighted by molar-refractivity contribution is 0.0937. The maximum Gasteiger partial charge on any atom is 0.270 e. The van der Waals surface area contributed by atoms with Crippen molar-refractivity contribution in [2.45, 2.75) is 6.92 Å². The molecule has 0 fully saturated rings. The van der Waals surface area contributed by atoms with E-state index in [0.29, 0.717) is 17.4 Å². The first-order valence-corrected chi connectivity index (χ1v) is 4.31. The molecule has 0 saturated heterocycles. The first kappa shape index (κ1) is 10.8. The maximum absolute atomic E-state index is 11.5. The number of carbonyl (C=O) groups is 2. The predicted octanol–water partition coefficient (Wildman–Crippen LogP) is 0.714. The van der Waals surface area contributed by atoms with E-state index in [0.717, 1.165) is 0 Å². The zero-order valence-electron chi connectivity index (χ0n) is 8.20. The Morgan fingerprint density at radius 2 is 2.13 bits per heavy atom. The highest BCUT2D eigenvalue weighted by Gasteiger charge is 2.08. The summed E-state index contributed by atoms with van der Waals surface area (Å²) in [5, 5.41) is 0. The summed E-state index contributed by atoms with van der Waals surface area (Å²) in [4.78, 5) is 22.1. The number of hydrogen-bond donors (Lipinski definition) is 2. The van der Waals surface area contributed by atoms with Crippen molar-refractivity contribution in [1.82, 2.24) is 10.9 Å². The number of rotatable bonds is 3. The van der Waals surface area contributed by atoms with E-state index in [-0.39, 0.29) is 5.91 Å². The van der Waals surface area contributed by atoms with Gasteiger partial charge in [-0.15, -0.1) is 0 Å². The normalized spacial score (nSPS) is 8.33. The fraction of sp³-hybridized carbons (Fsp3) is 0.0909. The second kappa shape index (κ2) is 5.45. The highest BCUT2D eigenvalue weighted by atomic mass is 16.2. The summed E-state index contributed by atoms with van der Waals surface area (Å²) in [5.41, 5.74) is 5.43. The van der Waals surface area contributed by atoms with E-state index >= 15 is 0 Å². The number of hydrogen-bond acceptors (Lipinski definition) is 3. The number of hydrazine groups is 1. The van der Waals surface area contributed by atoms with Crippen LogP contribution in [0.15, 0.2) is 24.3 Å². The largest absolute Gasteiger partial charge is 0.298 e. The van der Waals surface area contributed by atoms with Crippen molar-refractivity contribution in [2.75, 3.05) is 0 Å². The van der Waals surface area contributed by atoms with Crippen LogP contribution in [-0.2, 0) is 0 Å². The minimum absolute atomic E-state index is 0.318. The average Bonchev–Trinajstić information content (AvgIpc) is 2.29. The molecule has 0 heterocycles. The second-order valence-electron chi connectivity index (χ2n) is 2.66. The van der Waals surface area contributed by atoms with Gasteiger partial charge in [0.1, 0.15) is 0 Å². The van der Waals surface area contributed by atoms with E-state index in [9.17, 15) is 9.59 Å². The quantitative estimate of drug-likeness (QED) is 0.328. The van der Waals surface area contributed by atoms with E-state index in [4.69, 9.17) is 0 Å². The number of benzene rings is 1. The maximum atomic E-state index is 11.5. The van der Waals surface area contributed by atoms with Crippen LogP contribution in [0.5, 0.6) is 0 Å². The van der Waals surface area contributed by atoms with E-state index in [1.54, 1.807) is 31.2 Å². The first-order valence-electron chi connectivity index (χ1n) is 4.31. The zero-order valence-corrected chi connectivity index (χ0v) is 8.20. The van der Waals surface area contributed by atoms with Crippen molar-refractivity contribution >= 4 is 12.2 Å². The Balaban J connectivity index is 2.79. The molecule has 0 aromatic heterocycles. The molecular formula is C11H10N2O2. The Morgan fingerprint density at radius 1 is 1.40 bits per heavy atom. The molecule has 0 aliphatic heterocycles. The van der Waals surface area contributed by atoms with Crippen molar-refractivity contribution in [3.8, 4) is 12.0 Å². The molecule has 15 heavy (non-hydrogen) atoms. The van der Waals surface area contributed by atoms with Crippen LogP contribution in [0.3, 0.4) is 0 Å². The minimum atomic E-state index is -0.388. The monoisotopic (exact) mass is 202 g/mol. The van der Waals surface area contributed by atoms with Gasteiger partial charge in [0.15, 0.2) is 6.29 Å². The molecule has 0 radical (unpaired) electrons. The van der Waals surface area contributed by atoms with E-state index in [2.05, 4.69) is 22.8 Å². The van der Waals surface area contributed by atoms with Crippen LogP contribution in [0.25, 0.3) is 0 Å². The molecule has 1 aromatic rings. The number of amides is 1. The fourth-order valence-electron chi connectivity index (χ4n) is 1.02. The van der Waals surface area contributed by atoms with Gasteiger partial charge in [0.2, 0.25) is 0 Å². The van der Waals surface area contributed by atoms with Gasteiger partial charge in [-0.1, -0.05) is 24.1 Å². The molecule has 0 bridgehead atoms. The van der Waals surface area contributed by atoms with Crippen LogP contribution < -0.4 is 10.9 Å².